The third kappa shape index (κ3) is 3.31. The molecule has 0 N–H and O–H groups in total. The molecule has 5 nitrogen and oxygen atoms in total. The second-order valence-corrected chi connectivity index (χ2v) is 6.25. The maximum Gasteiger partial charge on any atom is 0.272 e. The normalized spacial score (nSPS) is 23.3. The topological polar surface area (TPSA) is 51.7 Å². The van der Waals surface area contributed by atoms with E-state index in [1.165, 1.54) is 0 Å². The molecule has 2 fully saturated rings. The minimum absolute atomic E-state index is 0.00580. The van der Waals surface area contributed by atoms with Gasteiger partial charge in [-0.25, -0.2) is 0 Å². The van der Waals surface area contributed by atoms with E-state index in [9.17, 15) is 4.79 Å². The summed E-state index contributed by atoms with van der Waals surface area (Å²) in [6.45, 7) is 5.80. The van der Waals surface area contributed by atoms with Crippen molar-refractivity contribution in [3.63, 3.8) is 0 Å². The van der Waals surface area contributed by atoms with Crippen LogP contribution in [-0.2, 0) is 9.47 Å². The number of carbonyl (C=O) groups excluding carboxylic acids is 1. The van der Waals surface area contributed by atoms with Crippen LogP contribution >= 0.6 is 0 Å². The molecule has 1 aromatic heterocycles. The second kappa shape index (κ2) is 6.75. The van der Waals surface area contributed by atoms with Gasteiger partial charge in [0.05, 0.1) is 13.1 Å². The predicted molar refractivity (Wildman–Crippen MR) is 82.7 cm³/mol. The van der Waals surface area contributed by atoms with Gasteiger partial charge in [0.2, 0.25) is 0 Å². The summed E-state index contributed by atoms with van der Waals surface area (Å²) in [5, 5.41) is 0. The average molecular weight is 304 g/mol. The van der Waals surface area contributed by atoms with E-state index in [2.05, 4.69) is 4.98 Å². The molecule has 0 unspecified atom stereocenters. The summed E-state index contributed by atoms with van der Waals surface area (Å²) in [5.41, 5.74) is 0.389. The molecule has 0 saturated carbocycles. The van der Waals surface area contributed by atoms with E-state index >= 15 is 0 Å². The number of aromatic nitrogens is 1. The minimum Gasteiger partial charge on any atom is -0.382 e. The fourth-order valence-electron chi connectivity index (χ4n) is 3.43. The molecule has 3 rings (SSSR count). The number of nitrogens with zero attached hydrogens (tertiary/aromatic N) is 2. The van der Waals surface area contributed by atoms with Crippen molar-refractivity contribution < 1.29 is 14.3 Å². The van der Waals surface area contributed by atoms with Crippen LogP contribution in [0.25, 0.3) is 0 Å². The third-order valence-electron chi connectivity index (χ3n) is 4.60. The van der Waals surface area contributed by atoms with Crippen molar-refractivity contribution in [2.24, 2.45) is 5.92 Å². The quantitative estimate of drug-likeness (QED) is 0.782. The van der Waals surface area contributed by atoms with Gasteiger partial charge in [0, 0.05) is 26.0 Å². The highest BCUT2D eigenvalue weighted by Gasteiger charge is 2.49. The Labute approximate surface area is 131 Å². The van der Waals surface area contributed by atoms with Crippen molar-refractivity contribution >= 4 is 5.91 Å². The van der Waals surface area contributed by atoms with Crippen LogP contribution in [-0.4, -0.2) is 54.3 Å². The molecule has 120 valence electrons. The Bertz CT molecular complexity index is 500. The Kier molecular flexibility index (Phi) is 4.74. The summed E-state index contributed by atoms with van der Waals surface area (Å²) in [6.07, 6.45) is 4.88. The molecule has 2 aliphatic rings. The highest BCUT2D eigenvalue weighted by atomic mass is 16.5. The zero-order valence-corrected chi connectivity index (χ0v) is 13.2. The van der Waals surface area contributed by atoms with Gasteiger partial charge in [-0.05, 0) is 44.2 Å². The molecular formula is C17H24N2O3. The molecule has 22 heavy (non-hydrogen) atoms. The summed E-state index contributed by atoms with van der Waals surface area (Å²) in [7, 11) is 0. The first-order valence-electron chi connectivity index (χ1n) is 8.14. The number of likely N-dealkylation sites (tertiary alicyclic amines) is 1. The van der Waals surface area contributed by atoms with Gasteiger partial charge in [0.1, 0.15) is 11.3 Å². The lowest BCUT2D eigenvalue weighted by Crippen LogP contribution is -2.66. The van der Waals surface area contributed by atoms with Crippen LogP contribution in [0.1, 0.15) is 36.7 Å². The zero-order chi connectivity index (χ0) is 15.4. The molecule has 1 aromatic rings. The first kappa shape index (κ1) is 15.4. The summed E-state index contributed by atoms with van der Waals surface area (Å²) in [6, 6.07) is 5.43. The van der Waals surface area contributed by atoms with E-state index in [1.807, 2.05) is 24.0 Å². The Balaban J connectivity index is 1.51. The van der Waals surface area contributed by atoms with Crippen molar-refractivity contribution in [3.05, 3.63) is 30.1 Å². The van der Waals surface area contributed by atoms with Gasteiger partial charge in [0.25, 0.3) is 5.91 Å². The summed E-state index contributed by atoms with van der Waals surface area (Å²) >= 11 is 0. The lowest BCUT2D eigenvalue weighted by atomic mass is 9.79. The molecule has 1 amide bonds. The fourth-order valence-corrected chi connectivity index (χ4v) is 3.43. The highest BCUT2D eigenvalue weighted by Crippen LogP contribution is 2.38. The fraction of sp³-hybridized carbons (Fsp3) is 0.647. The van der Waals surface area contributed by atoms with E-state index in [0.717, 1.165) is 39.1 Å². The number of hydrogen-bond acceptors (Lipinski definition) is 4. The molecule has 0 radical (unpaired) electrons. The summed E-state index contributed by atoms with van der Waals surface area (Å²) in [4.78, 5) is 18.3. The Morgan fingerprint density at radius 1 is 1.50 bits per heavy atom. The third-order valence-corrected chi connectivity index (χ3v) is 4.60. The van der Waals surface area contributed by atoms with Gasteiger partial charge in [-0.2, -0.15) is 0 Å². The molecule has 2 saturated heterocycles. The smallest absolute Gasteiger partial charge is 0.272 e. The van der Waals surface area contributed by atoms with Crippen molar-refractivity contribution in [1.82, 2.24) is 9.88 Å². The van der Waals surface area contributed by atoms with Gasteiger partial charge in [-0.15, -0.1) is 0 Å². The van der Waals surface area contributed by atoms with Crippen LogP contribution in [0, 0.1) is 5.92 Å². The molecule has 1 spiro atoms. The molecule has 1 atom stereocenters. The van der Waals surface area contributed by atoms with Crippen molar-refractivity contribution in [2.75, 3.05) is 32.9 Å². The van der Waals surface area contributed by atoms with E-state index in [0.29, 0.717) is 24.7 Å². The maximum absolute atomic E-state index is 12.3. The molecule has 0 aliphatic carbocycles. The van der Waals surface area contributed by atoms with E-state index in [1.54, 1.807) is 12.3 Å². The van der Waals surface area contributed by atoms with E-state index in [-0.39, 0.29) is 11.5 Å². The Morgan fingerprint density at radius 2 is 2.36 bits per heavy atom. The van der Waals surface area contributed by atoms with E-state index in [4.69, 9.17) is 9.47 Å². The van der Waals surface area contributed by atoms with Crippen LogP contribution in [0.3, 0.4) is 0 Å². The molecule has 5 heteroatoms. The van der Waals surface area contributed by atoms with Gasteiger partial charge in [0.15, 0.2) is 0 Å². The molecule has 0 aromatic carbocycles. The number of amides is 1. The number of hydrogen-bond donors (Lipinski definition) is 0. The lowest BCUT2D eigenvalue weighted by Gasteiger charge is -2.53. The standard InChI is InChI=1S/C17H24N2O3/c1-2-21-9-6-14-7-10-22-17(11-14)12-19(13-17)16(20)15-5-3-4-8-18-15/h3-5,8,14H,2,6-7,9-13H2,1H3/t14-/m0/s1. The van der Waals surface area contributed by atoms with Crippen LogP contribution < -0.4 is 0 Å². The van der Waals surface area contributed by atoms with Crippen LogP contribution in [0.15, 0.2) is 24.4 Å². The summed E-state index contributed by atoms with van der Waals surface area (Å²) < 4.78 is 11.5. The zero-order valence-electron chi connectivity index (χ0n) is 13.2. The van der Waals surface area contributed by atoms with Crippen LogP contribution in [0.2, 0.25) is 0 Å². The Hall–Kier alpha value is -1.46. The van der Waals surface area contributed by atoms with Crippen molar-refractivity contribution in [2.45, 2.75) is 31.8 Å². The SMILES string of the molecule is CCOCC[C@H]1CCOC2(C1)CN(C(=O)c1ccccn1)C2. The predicted octanol–water partition coefficient (Wildman–Crippen LogP) is 2.13. The molecule has 0 bridgehead atoms. The Morgan fingerprint density at radius 3 is 3.09 bits per heavy atom. The van der Waals surface area contributed by atoms with Crippen molar-refractivity contribution in [1.29, 1.82) is 0 Å². The number of pyridine rings is 1. The number of rotatable bonds is 5. The highest BCUT2D eigenvalue weighted by molar-refractivity contribution is 5.93. The number of carbonyl (C=O) groups is 1. The lowest BCUT2D eigenvalue weighted by molar-refractivity contribution is -0.167. The second-order valence-electron chi connectivity index (χ2n) is 6.25. The molecule has 2 aliphatic heterocycles. The van der Waals surface area contributed by atoms with E-state index < -0.39 is 0 Å². The van der Waals surface area contributed by atoms with Gasteiger partial charge in [-0.3, -0.25) is 9.78 Å². The van der Waals surface area contributed by atoms with Crippen LogP contribution in [0.4, 0.5) is 0 Å². The largest absolute Gasteiger partial charge is 0.382 e. The van der Waals surface area contributed by atoms with Gasteiger partial charge in [-0.1, -0.05) is 6.07 Å². The van der Waals surface area contributed by atoms with Crippen molar-refractivity contribution in [3.8, 4) is 0 Å². The van der Waals surface area contributed by atoms with Gasteiger partial charge >= 0.3 is 0 Å². The average Bonchev–Trinajstić information content (AvgIpc) is 2.53. The summed E-state index contributed by atoms with van der Waals surface area (Å²) in [5.74, 6) is 0.652. The number of ether oxygens (including phenoxy) is 2. The molecular weight excluding hydrogens is 280 g/mol. The first-order chi connectivity index (χ1) is 10.7. The maximum atomic E-state index is 12.3. The van der Waals surface area contributed by atoms with Crippen LogP contribution in [0.5, 0.6) is 0 Å². The van der Waals surface area contributed by atoms with Gasteiger partial charge < -0.3 is 14.4 Å². The monoisotopic (exact) mass is 304 g/mol. The molecule has 3 heterocycles. The first-order valence-corrected chi connectivity index (χ1v) is 8.14. The minimum atomic E-state index is -0.125.